The molecular weight excluding hydrogens is 342 g/mol. The van der Waals surface area contributed by atoms with Crippen molar-refractivity contribution in [2.24, 2.45) is 0 Å². The van der Waals surface area contributed by atoms with Crippen molar-refractivity contribution in [2.45, 2.75) is 61.7 Å². The number of hydrogen-bond donors (Lipinski definition) is 2. The maximum absolute atomic E-state index is 12.2. The van der Waals surface area contributed by atoms with Crippen molar-refractivity contribution >= 4 is 34.8 Å². The van der Waals surface area contributed by atoms with E-state index in [0.29, 0.717) is 11.1 Å². The lowest BCUT2D eigenvalue weighted by Crippen LogP contribution is -2.40. The largest absolute Gasteiger partial charge is 0.384 e. The van der Waals surface area contributed by atoms with Gasteiger partial charge in [0.25, 0.3) is 0 Å². The van der Waals surface area contributed by atoms with Gasteiger partial charge in [-0.25, -0.2) is 9.67 Å². The normalized spacial score (nSPS) is 20.9. The van der Waals surface area contributed by atoms with Crippen molar-refractivity contribution in [1.82, 2.24) is 20.1 Å². The molecule has 0 radical (unpaired) electrons. The van der Waals surface area contributed by atoms with E-state index in [1.807, 2.05) is 25.6 Å². The summed E-state index contributed by atoms with van der Waals surface area (Å²) >= 11 is 3.60. The maximum atomic E-state index is 12.2. The zero-order valence-corrected chi connectivity index (χ0v) is 15.6. The zero-order chi connectivity index (χ0) is 17.1. The summed E-state index contributed by atoms with van der Waals surface area (Å²) in [5.74, 6) is 0.512. The first-order valence-electron chi connectivity index (χ1n) is 8.17. The fraction of sp³-hybridized carbons (Fsp3) is 0.562. The van der Waals surface area contributed by atoms with Gasteiger partial charge in [-0.2, -0.15) is 5.10 Å². The predicted octanol–water partition coefficient (Wildman–Crippen LogP) is 2.76. The van der Waals surface area contributed by atoms with E-state index in [1.165, 1.54) is 0 Å². The summed E-state index contributed by atoms with van der Waals surface area (Å²) in [7, 11) is 0. The topological polar surface area (TPSA) is 85.8 Å². The second-order valence-corrected chi connectivity index (χ2v) is 8.69. The zero-order valence-electron chi connectivity index (χ0n) is 14.0. The van der Waals surface area contributed by atoms with E-state index in [0.717, 1.165) is 41.4 Å². The van der Waals surface area contributed by atoms with E-state index in [-0.39, 0.29) is 18.5 Å². The summed E-state index contributed by atoms with van der Waals surface area (Å²) in [6, 6.07) is 2.03. The van der Waals surface area contributed by atoms with Crippen molar-refractivity contribution in [3.05, 3.63) is 22.8 Å². The van der Waals surface area contributed by atoms with E-state index in [2.05, 4.69) is 20.8 Å². The highest BCUT2D eigenvalue weighted by Gasteiger charge is 2.24. The number of anilines is 1. The van der Waals surface area contributed by atoms with E-state index >= 15 is 0 Å². The van der Waals surface area contributed by atoms with Crippen LogP contribution >= 0.6 is 23.1 Å². The van der Waals surface area contributed by atoms with Gasteiger partial charge >= 0.3 is 0 Å². The van der Waals surface area contributed by atoms with Gasteiger partial charge < -0.3 is 11.1 Å². The molecule has 8 heteroatoms. The molecule has 24 heavy (non-hydrogen) atoms. The van der Waals surface area contributed by atoms with Gasteiger partial charge in [0.05, 0.1) is 5.69 Å². The second-order valence-electron chi connectivity index (χ2n) is 6.28. The quantitative estimate of drug-likeness (QED) is 0.851. The average molecular weight is 366 g/mol. The molecular formula is C16H23N5OS2. The average Bonchev–Trinajstić information content (AvgIpc) is 3.06. The number of carbonyl (C=O) groups is 1. The molecule has 3 rings (SSSR count). The van der Waals surface area contributed by atoms with Crippen LogP contribution in [0.3, 0.4) is 0 Å². The van der Waals surface area contributed by atoms with Gasteiger partial charge in [-0.1, -0.05) is 11.8 Å². The Morgan fingerprint density at radius 1 is 1.38 bits per heavy atom. The number of rotatable bonds is 5. The smallest absolute Gasteiger partial charge is 0.242 e. The number of carbonyl (C=O) groups excluding carboxylic acids is 1. The summed E-state index contributed by atoms with van der Waals surface area (Å²) < 4.78 is 2.71. The Kier molecular flexibility index (Phi) is 5.45. The van der Waals surface area contributed by atoms with Gasteiger partial charge in [-0.15, -0.1) is 11.3 Å². The molecule has 0 spiro atoms. The van der Waals surface area contributed by atoms with E-state index in [9.17, 15) is 4.79 Å². The molecule has 0 aliphatic heterocycles. The highest BCUT2D eigenvalue weighted by Crippen LogP contribution is 2.35. The molecule has 0 aromatic carbocycles. The van der Waals surface area contributed by atoms with E-state index in [1.54, 1.807) is 22.1 Å². The molecule has 2 aromatic heterocycles. The number of nitrogens with two attached hydrogens (primary N) is 1. The minimum atomic E-state index is -0.0172. The molecule has 1 aliphatic rings. The summed E-state index contributed by atoms with van der Waals surface area (Å²) in [6.07, 6.45) is 4.25. The fourth-order valence-corrected chi connectivity index (χ4v) is 5.24. The monoisotopic (exact) mass is 365 g/mol. The number of hydrogen-bond acceptors (Lipinski definition) is 6. The Bertz CT molecular complexity index is 703. The lowest BCUT2D eigenvalue weighted by Gasteiger charge is -2.28. The molecule has 2 heterocycles. The number of amides is 1. The summed E-state index contributed by atoms with van der Waals surface area (Å²) in [5, 5.41) is 10.0. The molecule has 1 saturated carbocycles. The van der Waals surface area contributed by atoms with Crippen LogP contribution in [0.2, 0.25) is 0 Å². The third-order valence-corrected chi connectivity index (χ3v) is 6.56. The Labute approximate surface area is 150 Å². The van der Waals surface area contributed by atoms with Gasteiger partial charge in [0.1, 0.15) is 16.7 Å². The molecule has 130 valence electrons. The van der Waals surface area contributed by atoms with Crippen molar-refractivity contribution in [3.8, 4) is 0 Å². The van der Waals surface area contributed by atoms with Crippen LogP contribution in [0.25, 0.3) is 0 Å². The Balaban J connectivity index is 1.43. The Morgan fingerprint density at radius 2 is 2.12 bits per heavy atom. The first-order chi connectivity index (χ1) is 11.5. The van der Waals surface area contributed by atoms with Gasteiger partial charge in [-0.05, 0) is 39.5 Å². The fourth-order valence-electron chi connectivity index (χ4n) is 2.96. The van der Waals surface area contributed by atoms with Crippen LogP contribution in [0, 0.1) is 13.8 Å². The molecule has 0 unspecified atom stereocenters. The van der Waals surface area contributed by atoms with Gasteiger partial charge in [0.15, 0.2) is 0 Å². The highest BCUT2D eigenvalue weighted by molar-refractivity contribution is 8.01. The minimum Gasteiger partial charge on any atom is -0.384 e. The van der Waals surface area contributed by atoms with Gasteiger partial charge in [0.2, 0.25) is 5.91 Å². The van der Waals surface area contributed by atoms with Crippen LogP contribution in [-0.4, -0.2) is 32.0 Å². The third kappa shape index (κ3) is 4.51. The Hall–Kier alpha value is -1.54. The van der Waals surface area contributed by atoms with Crippen LogP contribution in [0.5, 0.6) is 0 Å². The first-order valence-corrected chi connectivity index (χ1v) is 9.93. The van der Waals surface area contributed by atoms with Crippen molar-refractivity contribution in [1.29, 1.82) is 0 Å². The second kappa shape index (κ2) is 7.57. The van der Waals surface area contributed by atoms with Crippen LogP contribution in [-0.2, 0) is 11.3 Å². The van der Waals surface area contributed by atoms with Crippen molar-refractivity contribution in [2.75, 3.05) is 5.73 Å². The van der Waals surface area contributed by atoms with Crippen LogP contribution in [0.1, 0.15) is 37.1 Å². The lowest BCUT2D eigenvalue weighted by atomic mass is 9.95. The molecule has 2 aromatic rings. The van der Waals surface area contributed by atoms with Crippen molar-refractivity contribution < 1.29 is 4.79 Å². The minimum absolute atomic E-state index is 0.0172. The predicted molar refractivity (Wildman–Crippen MR) is 98.3 cm³/mol. The van der Waals surface area contributed by atoms with E-state index < -0.39 is 0 Å². The number of nitrogen functional groups attached to an aromatic ring is 1. The number of nitrogens with zero attached hydrogens (tertiary/aromatic N) is 3. The van der Waals surface area contributed by atoms with Crippen molar-refractivity contribution in [3.63, 3.8) is 0 Å². The Morgan fingerprint density at radius 3 is 2.71 bits per heavy atom. The number of nitrogens with one attached hydrogen (secondary N) is 1. The molecule has 6 nitrogen and oxygen atoms in total. The summed E-state index contributed by atoms with van der Waals surface area (Å²) in [4.78, 5) is 16.7. The van der Waals surface area contributed by atoms with Gasteiger partial charge in [0, 0.05) is 28.4 Å². The van der Waals surface area contributed by atoms with Crippen LogP contribution in [0.4, 0.5) is 5.82 Å². The molecule has 3 N–H and O–H groups in total. The molecule has 0 atom stereocenters. The number of aryl methyl sites for hydroxylation is 2. The molecule has 0 saturated heterocycles. The van der Waals surface area contributed by atoms with Gasteiger partial charge in [-0.3, -0.25) is 4.79 Å². The van der Waals surface area contributed by atoms with Crippen LogP contribution < -0.4 is 11.1 Å². The first kappa shape index (κ1) is 17.3. The third-order valence-electron chi connectivity index (χ3n) is 4.13. The van der Waals surface area contributed by atoms with Crippen LogP contribution in [0.15, 0.2) is 15.8 Å². The number of aromatic nitrogens is 3. The summed E-state index contributed by atoms with van der Waals surface area (Å²) in [6.45, 7) is 4.08. The SMILES string of the molecule is Cc1csc(SC2CCC(NC(=O)Cn3nc(C)cc3N)CC2)n1. The molecule has 1 amide bonds. The molecule has 1 aliphatic carbocycles. The molecule has 0 bridgehead atoms. The molecule has 1 fully saturated rings. The lowest BCUT2D eigenvalue weighted by molar-refractivity contribution is -0.122. The highest BCUT2D eigenvalue weighted by atomic mass is 32.2. The number of thiazole rings is 1. The number of thioether (sulfide) groups is 1. The maximum Gasteiger partial charge on any atom is 0.242 e. The standard InChI is InChI=1S/C16H23N5OS2/c1-10-7-14(17)21(20-10)8-15(22)19-12-3-5-13(6-4-12)24-16-18-11(2)9-23-16/h7,9,12-13H,3-6,8,17H2,1-2H3,(H,19,22). The van der Waals surface area contributed by atoms with E-state index in [4.69, 9.17) is 5.73 Å². The summed E-state index contributed by atoms with van der Waals surface area (Å²) in [5.41, 5.74) is 7.75.